The molecule has 0 saturated heterocycles. The van der Waals surface area contributed by atoms with Gasteiger partial charge in [0.15, 0.2) is 0 Å². The number of rotatable bonds is 11. The largest absolute Gasteiger partial charge is 0.530 e. The van der Waals surface area contributed by atoms with Crippen LogP contribution in [0.1, 0.15) is 31.2 Å². The molecule has 4 atom stereocenters. The van der Waals surface area contributed by atoms with Crippen LogP contribution in [0.5, 0.6) is 0 Å². The molecule has 1 aromatic carbocycles. The summed E-state index contributed by atoms with van der Waals surface area (Å²) < 4.78 is 29.1. The average Bonchev–Trinajstić information content (AvgIpc) is 2.76. The molecule has 0 aromatic heterocycles. The molecule has 0 aliphatic heterocycles. The lowest BCUT2D eigenvalue weighted by Gasteiger charge is -2.37. The molecule has 3 N–H and O–H groups in total. The lowest BCUT2D eigenvalue weighted by Crippen LogP contribution is -2.56. The zero-order valence-electron chi connectivity index (χ0n) is 19.3. The van der Waals surface area contributed by atoms with Gasteiger partial charge >= 0.3 is 6.09 Å². The molecule has 0 heterocycles. The smallest absolute Gasteiger partial charge is 0.408 e. The summed E-state index contributed by atoms with van der Waals surface area (Å²) in [4.78, 5) is 36.2. The van der Waals surface area contributed by atoms with Crippen molar-refractivity contribution in [2.75, 3.05) is 24.0 Å². The highest BCUT2D eigenvalue weighted by atomic mass is 32.2. The lowest BCUT2D eigenvalue weighted by atomic mass is 9.82. The highest BCUT2D eigenvalue weighted by molar-refractivity contribution is 7.98. The third kappa shape index (κ3) is 10.2. The summed E-state index contributed by atoms with van der Waals surface area (Å²) in [5, 5.41) is 18.7. The van der Waals surface area contributed by atoms with Gasteiger partial charge in [0.2, 0.25) is 5.91 Å². The van der Waals surface area contributed by atoms with Gasteiger partial charge in [-0.15, -0.1) is 0 Å². The van der Waals surface area contributed by atoms with E-state index in [-0.39, 0.29) is 18.8 Å². The molecule has 4 unspecified atom stereocenters. The zero-order valence-corrected chi connectivity index (χ0v) is 21.0. The second-order valence-corrected chi connectivity index (χ2v) is 11.6. The van der Waals surface area contributed by atoms with Gasteiger partial charge < -0.3 is 30.6 Å². The minimum Gasteiger partial charge on any atom is -0.530 e. The molecule has 2 rings (SSSR count). The molecular formula is C22H32N3O7S2-. The number of hydrogen-bond donors (Lipinski definition) is 3. The molecule has 10 nitrogen and oxygen atoms in total. The van der Waals surface area contributed by atoms with Gasteiger partial charge in [-0.2, -0.15) is 11.8 Å². The summed E-state index contributed by atoms with van der Waals surface area (Å²) in [6, 6.07) is 7.38. The van der Waals surface area contributed by atoms with Crippen molar-refractivity contribution in [1.29, 1.82) is 0 Å². The van der Waals surface area contributed by atoms with Crippen molar-refractivity contribution in [1.82, 2.24) is 16.0 Å². The maximum absolute atomic E-state index is 13.0. The second kappa shape index (κ2) is 13.4. The van der Waals surface area contributed by atoms with E-state index >= 15 is 0 Å². The number of nitrogens with one attached hydrogen (secondary N) is 3. The van der Waals surface area contributed by atoms with Gasteiger partial charge in [0.25, 0.3) is 0 Å². The minimum absolute atomic E-state index is 0.0649. The van der Waals surface area contributed by atoms with Crippen LogP contribution in [0, 0.1) is 5.92 Å². The number of amides is 3. The molecule has 0 bridgehead atoms. The first kappa shape index (κ1) is 27.8. The van der Waals surface area contributed by atoms with Crippen molar-refractivity contribution in [3.63, 3.8) is 0 Å². The second-order valence-electron chi connectivity index (χ2n) is 8.45. The van der Waals surface area contributed by atoms with Crippen LogP contribution >= 0.6 is 11.8 Å². The number of ether oxygens (including phenoxy) is 1. The topological polar surface area (TPSA) is 154 Å². The van der Waals surface area contributed by atoms with Crippen molar-refractivity contribution < 1.29 is 32.6 Å². The van der Waals surface area contributed by atoms with Crippen LogP contribution < -0.4 is 21.1 Å². The average molecular weight is 515 g/mol. The van der Waals surface area contributed by atoms with E-state index in [9.17, 15) is 27.9 Å². The van der Waals surface area contributed by atoms with Gasteiger partial charge in [-0.25, -0.2) is 13.2 Å². The maximum atomic E-state index is 13.0. The summed E-state index contributed by atoms with van der Waals surface area (Å²) in [6.45, 7) is 0.0649. The summed E-state index contributed by atoms with van der Waals surface area (Å²) in [7, 11) is -3.37. The number of sulfone groups is 1. The predicted molar refractivity (Wildman–Crippen MR) is 128 cm³/mol. The standard InChI is InChI=1S/C22H33N3O7S2/c1-33-11-10-19(25-22(29)32-13-15-6-4-3-5-7-15)20(26)24-18-9-8-17(23-21(27)28)12-16(18)14-34(2,30)31/h3-7,16-19,23H,8-14H2,1-2H3,(H,24,26)(H,25,29)(H,27,28)/p-1. The van der Waals surface area contributed by atoms with Crippen LogP contribution in [-0.4, -0.2) is 68.7 Å². The molecule has 1 fully saturated rings. The first-order valence-corrected chi connectivity index (χ1v) is 14.4. The van der Waals surface area contributed by atoms with Crippen LogP contribution in [0.4, 0.5) is 9.59 Å². The number of benzene rings is 1. The molecule has 12 heteroatoms. The van der Waals surface area contributed by atoms with Gasteiger partial charge in [0.1, 0.15) is 28.6 Å². The molecule has 1 saturated carbocycles. The Kier molecular flexibility index (Phi) is 11.0. The van der Waals surface area contributed by atoms with Gasteiger partial charge in [-0.05, 0) is 49.2 Å². The number of thioether (sulfide) groups is 1. The number of carbonyl (C=O) groups excluding carboxylic acids is 3. The molecule has 3 amide bonds. The molecule has 190 valence electrons. The van der Waals surface area contributed by atoms with Crippen molar-refractivity contribution in [3.8, 4) is 0 Å². The Morgan fingerprint density at radius 2 is 1.88 bits per heavy atom. The maximum Gasteiger partial charge on any atom is 0.408 e. The Balaban J connectivity index is 2.01. The summed E-state index contributed by atoms with van der Waals surface area (Å²) in [5.74, 6) is -0.478. The quantitative estimate of drug-likeness (QED) is 0.389. The number of carbonyl (C=O) groups is 3. The Morgan fingerprint density at radius 1 is 1.18 bits per heavy atom. The van der Waals surface area contributed by atoms with E-state index in [0.717, 1.165) is 11.8 Å². The van der Waals surface area contributed by atoms with E-state index < -0.39 is 52.0 Å². The summed E-state index contributed by atoms with van der Waals surface area (Å²) in [5.41, 5.74) is 0.813. The third-order valence-corrected chi connectivity index (χ3v) is 7.26. The van der Waals surface area contributed by atoms with E-state index in [2.05, 4.69) is 16.0 Å². The van der Waals surface area contributed by atoms with Crippen LogP contribution in [-0.2, 0) is 26.0 Å². The highest BCUT2D eigenvalue weighted by Gasteiger charge is 2.35. The number of carboxylic acid groups (broad SMARTS) is 1. The Hall–Kier alpha value is -2.47. The molecule has 0 spiro atoms. The van der Waals surface area contributed by atoms with Gasteiger partial charge in [0.05, 0.1) is 5.75 Å². The lowest BCUT2D eigenvalue weighted by molar-refractivity contribution is -0.252. The van der Waals surface area contributed by atoms with Crippen molar-refractivity contribution in [2.45, 2.75) is 50.4 Å². The summed E-state index contributed by atoms with van der Waals surface area (Å²) >= 11 is 1.52. The fourth-order valence-electron chi connectivity index (χ4n) is 4.02. The van der Waals surface area contributed by atoms with Crippen LogP contribution in [0.15, 0.2) is 30.3 Å². The van der Waals surface area contributed by atoms with Crippen LogP contribution in [0.25, 0.3) is 0 Å². The van der Waals surface area contributed by atoms with E-state index in [1.807, 2.05) is 36.6 Å². The Bertz CT molecular complexity index is 928. The van der Waals surface area contributed by atoms with E-state index in [1.54, 1.807) is 0 Å². The molecular weight excluding hydrogens is 482 g/mol. The van der Waals surface area contributed by atoms with Gasteiger partial charge in [-0.1, -0.05) is 30.3 Å². The predicted octanol–water partition coefficient (Wildman–Crippen LogP) is 0.666. The van der Waals surface area contributed by atoms with Gasteiger partial charge in [0, 0.05) is 18.3 Å². The summed E-state index contributed by atoms with van der Waals surface area (Å²) in [6.07, 6.45) is 2.30. The van der Waals surface area contributed by atoms with E-state index in [4.69, 9.17) is 4.74 Å². The van der Waals surface area contributed by atoms with Crippen LogP contribution in [0.2, 0.25) is 0 Å². The SMILES string of the molecule is CSCCC(NC(=O)OCc1ccccc1)C(=O)NC1CCC(NC(=O)[O-])CC1CS(C)(=O)=O. The zero-order chi connectivity index (χ0) is 25.1. The molecule has 1 aliphatic carbocycles. The first-order valence-electron chi connectivity index (χ1n) is 11.0. The Morgan fingerprint density at radius 3 is 2.50 bits per heavy atom. The third-order valence-electron chi connectivity index (χ3n) is 5.58. The molecule has 1 aromatic rings. The number of hydrogen-bond acceptors (Lipinski definition) is 8. The fourth-order valence-corrected chi connectivity index (χ4v) is 5.64. The number of alkyl carbamates (subject to hydrolysis) is 1. The van der Waals surface area contributed by atoms with Crippen molar-refractivity contribution >= 4 is 39.7 Å². The van der Waals surface area contributed by atoms with Crippen molar-refractivity contribution in [3.05, 3.63) is 35.9 Å². The highest BCUT2D eigenvalue weighted by Crippen LogP contribution is 2.26. The first-order chi connectivity index (χ1) is 16.1. The van der Waals surface area contributed by atoms with E-state index in [0.29, 0.717) is 25.0 Å². The molecule has 1 aliphatic rings. The fraction of sp³-hybridized carbons (Fsp3) is 0.591. The molecule has 0 radical (unpaired) electrons. The minimum atomic E-state index is -3.37. The molecule has 34 heavy (non-hydrogen) atoms. The monoisotopic (exact) mass is 514 g/mol. The van der Waals surface area contributed by atoms with Gasteiger partial charge in [-0.3, -0.25) is 4.79 Å². The Labute approximate surface area is 204 Å². The normalized spacial score (nSPS) is 21.2. The van der Waals surface area contributed by atoms with Crippen molar-refractivity contribution in [2.24, 2.45) is 5.92 Å². The van der Waals surface area contributed by atoms with Crippen LogP contribution in [0.3, 0.4) is 0 Å². The van der Waals surface area contributed by atoms with E-state index in [1.165, 1.54) is 11.8 Å².